The molecule has 71 heavy (non-hydrogen) atoms. The van der Waals surface area contributed by atoms with E-state index in [4.69, 9.17) is 15.0 Å². The lowest BCUT2D eigenvalue weighted by molar-refractivity contribution is 0.769. The van der Waals surface area contributed by atoms with E-state index in [2.05, 4.69) is 206 Å². The highest BCUT2D eigenvalue weighted by atomic mass is 14.7. The van der Waals surface area contributed by atoms with Crippen LogP contribution in [0.5, 0.6) is 0 Å². The lowest BCUT2D eigenvalue weighted by Gasteiger charge is -2.34. The van der Waals surface area contributed by atoms with Crippen LogP contribution in [0.3, 0.4) is 0 Å². The summed E-state index contributed by atoms with van der Waals surface area (Å²) in [5.41, 5.74) is 21.3. The summed E-state index contributed by atoms with van der Waals surface area (Å²) in [6.45, 7) is 0. The molecule has 0 unspecified atom stereocenters. The Bertz CT molecular complexity index is 4240. The van der Waals surface area contributed by atoms with Gasteiger partial charge in [0.2, 0.25) is 0 Å². The molecule has 0 fully saturated rings. The van der Waals surface area contributed by atoms with Crippen molar-refractivity contribution in [3.63, 3.8) is 0 Å². The molecular formula is C68H45N3. The number of allylic oxidation sites excluding steroid dienone is 2. The van der Waals surface area contributed by atoms with E-state index in [1.807, 2.05) is 18.5 Å². The second-order valence-corrected chi connectivity index (χ2v) is 19.6. The van der Waals surface area contributed by atoms with E-state index in [-0.39, 0.29) is 0 Å². The zero-order valence-electron chi connectivity index (χ0n) is 39.0. The SMILES string of the molecule is C1=Cc2c(nc(-c3cccc(-c4ccc5c(c4)c4c(c6cc(-c7ccnc8c7ccc7cccnc78)ccc65)C=CCC4)c3)c3cc4c(cc23)C(c2ccccc2)(c2ccccc2)c2ccccc2-4)CC1. The van der Waals surface area contributed by atoms with E-state index < -0.39 is 5.41 Å². The summed E-state index contributed by atoms with van der Waals surface area (Å²) in [7, 11) is 0. The lowest BCUT2D eigenvalue weighted by atomic mass is 9.67. The smallest absolute Gasteiger partial charge is 0.0970 e. The summed E-state index contributed by atoms with van der Waals surface area (Å²) in [5, 5.41) is 9.86. The maximum absolute atomic E-state index is 5.62. The van der Waals surface area contributed by atoms with Crippen LogP contribution in [0.4, 0.5) is 0 Å². The highest BCUT2D eigenvalue weighted by Crippen LogP contribution is 2.57. The van der Waals surface area contributed by atoms with Crippen molar-refractivity contribution >= 4 is 66.3 Å². The molecular weight excluding hydrogens is 859 g/mol. The zero-order chi connectivity index (χ0) is 46.6. The molecule has 3 heteroatoms. The van der Waals surface area contributed by atoms with Crippen molar-refractivity contribution in [2.75, 3.05) is 0 Å². The molecule has 0 radical (unpaired) electrons. The van der Waals surface area contributed by atoms with Gasteiger partial charge >= 0.3 is 0 Å². The number of benzene rings is 9. The molecule has 0 saturated carbocycles. The van der Waals surface area contributed by atoms with Crippen LogP contribution in [-0.4, -0.2) is 15.0 Å². The Morgan fingerprint density at radius 3 is 1.93 bits per heavy atom. The van der Waals surface area contributed by atoms with E-state index in [0.717, 1.165) is 58.7 Å². The molecule has 3 aromatic heterocycles. The number of nitrogens with zero attached hydrogens (tertiary/aromatic N) is 3. The summed E-state index contributed by atoms with van der Waals surface area (Å²) in [5.74, 6) is 0. The predicted molar refractivity (Wildman–Crippen MR) is 296 cm³/mol. The van der Waals surface area contributed by atoms with Gasteiger partial charge in [0, 0.05) is 45.4 Å². The third kappa shape index (κ3) is 5.93. The Hall–Kier alpha value is -8.79. The van der Waals surface area contributed by atoms with Gasteiger partial charge < -0.3 is 0 Å². The maximum atomic E-state index is 5.62. The summed E-state index contributed by atoms with van der Waals surface area (Å²) >= 11 is 0. The summed E-state index contributed by atoms with van der Waals surface area (Å²) < 4.78 is 0. The fraction of sp³-hybridized carbons (Fsp3) is 0.0735. The number of rotatable bonds is 5. The van der Waals surface area contributed by atoms with Crippen LogP contribution in [0.1, 0.15) is 57.5 Å². The third-order valence-electron chi connectivity index (χ3n) is 15.9. The van der Waals surface area contributed by atoms with Crippen molar-refractivity contribution < 1.29 is 0 Å². The van der Waals surface area contributed by atoms with Gasteiger partial charge in [-0.1, -0.05) is 170 Å². The average molecular weight is 904 g/mol. The first-order valence-corrected chi connectivity index (χ1v) is 25.0. The molecule has 12 aromatic rings. The van der Waals surface area contributed by atoms with E-state index in [9.17, 15) is 0 Å². The Balaban J connectivity index is 0.890. The average Bonchev–Trinajstić information content (AvgIpc) is 3.74. The molecule has 3 aliphatic rings. The second-order valence-electron chi connectivity index (χ2n) is 19.6. The Kier molecular flexibility index (Phi) is 8.83. The van der Waals surface area contributed by atoms with Gasteiger partial charge in [0.15, 0.2) is 0 Å². The van der Waals surface area contributed by atoms with Gasteiger partial charge in [0.05, 0.1) is 22.1 Å². The molecule has 0 N–H and O–H groups in total. The first-order chi connectivity index (χ1) is 35.2. The molecule has 0 amide bonds. The molecule has 15 rings (SSSR count). The van der Waals surface area contributed by atoms with Gasteiger partial charge in [-0.25, -0.2) is 0 Å². The number of aromatic nitrogens is 3. The monoisotopic (exact) mass is 903 g/mol. The van der Waals surface area contributed by atoms with Crippen molar-refractivity contribution in [2.45, 2.75) is 31.1 Å². The first kappa shape index (κ1) is 40.1. The van der Waals surface area contributed by atoms with Gasteiger partial charge in [-0.2, -0.15) is 0 Å². The molecule has 0 aliphatic heterocycles. The molecule has 0 saturated heterocycles. The van der Waals surface area contributed by atoms with Crippen LogP contribution >= 0.6 is 0 Å². The van der Waals surface area contributed by atoms with Crippen LogP contribution in [0.25, 0.3) is 111 Å². The normalized spacial score (nSPS) is 14.3. The molecule has 0 atom stereocenters. The second kappa shape index (κ2) is 15.6. The topological polar surface area (TPSA) is 38.7 Å². The van der Waals surface area contributed by atoms with E-state index in [1.165, 1.54) is 110 Å². The largest absolute Gasteiger partial charge is 0.254 e. The molecule has 332 valence electrons. The quantitative estimate of drug-likeness (QED) is 0.162. The molecule has 0 bridgehead atoms. The maximum Gasteiger partial charge on any atom is 0.0970 e. The third-order valence-corrected chi connectivity index (χ3v) is 15.9. The molecule has 3 aliphatic carbocycles. The van der Waals surface area contributed by atoms with Crippen LogP contribution < -0.4 is 0 Å². The lowest BCUT2D eigenvalue weighted by Crippen LogP contribution is -2.28. The predicted octanol–water partition coefficient (Wildman–Crippen LogP) is 16.9. The number of fused-ring (bicyclic) bond motifs is 15. The first-order valence-electron chi connectivity index (χ1n) is 25.0. The van der Waals surface area contributed by atoms with Crippen molar-refractivity contribution in [3.8, 4) is 44.6 Å². The molecule has 3 nitrogen and oxygen atoms in total. The number of hydrogen-bond acceptors (Lipinski definition) is 3. The minimum atomic E-state index is -0.474. The minimum absolute atomic E-state index is 0.474. The van der Waals surface area contributed by atoms with E-state index >= 15 is 0 Å². The Labute approximate surface area is 412 Å². The number of hydrogen-bond donors (Lipinski definition) is 0. The van der Waals surface area contributed by atoms with Gasteiger partial charge in [0.1, 0.15) is 0 Å². The van der Waals surface area contributed by atoms with Gasteiger partial charge in [0.25, 0.3) is 0 Å². The zero-order valence-corrected chi connectivity index (χ0v) is 39.0. The van der Waals surface area contributed by atoms with E-state index in [1.54, 1.807) is 0 Å². The van der Waals surface area contributed by atoms with Crippen LogP contribution in [0.2, 0.25) is 0 Å². The van der Waals surface area contributed by atoms with Crippen molar-refractivity contribution in [3.05, 3.63) is 257 Å². The van der Waals surface area contributed by atoms with Crippen LogP contribution in [0.15, 0.2) is 213 Å². The van der Waals surface area contributed by atoms with Gasteiger partial charge in [-0.3, -0.25) is 15.0 Å². The fourth-order valence-corrected chi connectivity index (χ4v) is 12.8. The van der Waals surface area contributed by atoms with E-state index in [0.29, 0.717) is 0 Å². The minimum Gasteiger partial charge on any atom is -0.254 e. The fourth-order valence-electron chi connectivity index (χ4n) is 12.8. The number of pyridine rings is 3. The van der Waals surface area contributed by atoms with Crippen molar-refractivity contribution in [2.24, 2.45) is 0 Å². The highest BCUT2D eigenvalue weighted by Gasteiger charge is 2.46. The standard InChI is InChI=1S/C68H45N3/c1-3-18-47(19-4-1)68(48-20-5-2-6-21-48)62-26-11-9-24-54(62)60-40-61-59(41-63(60)68)55-25-10-12-27-64(55)71-65(61)46-16-13-15-43(37-46)44-29-31-52-53-32-30-45(39-58(53)51-23-8-7-22-50(51)57(52)38-44)49-34-36-70-67-56(49)33-28-42-17-14-35-69-66(42)67/h1-6,8-11,13-21,23-26,28-41H,7,12,22,27H2. The summed E-state index contributed by atoms with van der Waals surface area (Å²) in [6, 6.07) is 70.2. The molecule has 3 heterocycles. The highest BCUT2D eigenvalue weighted by molar-refractivity contribution is 6.16. The van der Waals surface area contributed by atoms with Crippen LogP contribution in [-0.2, 0) is 18.3 Å². The van der Waals surface area contributed by atoms with Crippen molar-refractivity contribution in [1.29, 1.82) is 0 Å². The molecule has 9 aromatic carbocycles. The summed E-state index contributed by atoms with van der Waals surface area (Å²) in [6.07, 6.45) is 17.1. The Morgan fingerprint density at radius 1 is 0.380 bits per heavy atom. The van der Waals surface area contributed by atoms with Gasteiger partial charge in [-0.05, 0) is 162 Å². The molecule has 0 spiro atoms. The summed E-state index contributed by atoms with van der Waals surface area (Å²) in [4.78, 5) is 15.2. The number of aryl methyl sites for hydroxylation is 2. The van der Waals surface area contributed by atoms with Crippen molar-refractivity contribution in [1.82, 2.24) is 15.0 Å². The van der Waals surface area contributed by atoms with Crippen LogP contribution in [0, 0.1) is 0 Å². The van der Waals surface area contributed by atoms with Gasteiger partial charge in [-0.15, -0.1) is 0 Å². The Morgan fingerprint density at radius 2 is 1.07 bits per heavy atom.